The maximum atomic E-state index is 11.5. The molecule has 0 aromatic heterocycles. The van der Waals surface area contributed by atoms with Crippen LogP contribution < -0.4 is 4.74 Å². The summed E-state index contributed by atoms with van der Waals surface area (Å²) >= 11 is 3.66. The summed E-state index contributed by atoms with van der Waals surface area (Å²) in [5.74, 6) is 0.853. The summed E-state index contributed by atoms with van der Waals surface area (Å²) in [6, 6.07) is 12.9. The molecular weight excluding hydrogens is 352 g/mol. The zero-order valence-electron chi connectivity index (χ0n) is 12.1. The van der Waals surface area contributed by atoms with Crippen molar-refractivity contribution in [1.82, 2.24) is 0 Å². The normalized spacial score (nSPS) is 13.0. The highest BCUT2D eigenvalue weighted by Gasteiger charge is 2.13. The maximum absolute atomic E-state index is 11.5. The first-order valence-corrected chi connectivity index (χ1v) is 9.22. The van der Waals surface area contributed by atoms with Crippen LogP contribution in [0.5, 0.6) is 5.75 Å². The number of aryl methyl sites for hydroxylation is 1. The molecule has 1 atom stereocenters. The second-order valence-corrected chi connectivity index (χ2v) is 7.86. The molecule has 2 aromatic carbocycles. The van der Waals surface area contributed by atoms with Gasteiger partial charge in [-0.15, -0.1) is 0 Å². The van der Waals surface area contributed by atoms with Crippen molar-refractivity contribution < 1.29 is 13.2 Å². The summed E-state index contributed by atoms with van der Waals surface area (Å²) in [4.78, 5) is 0.340. The Kier molecular flexibility index (Phi) is 4.74. The summed E-state index contributed by atoms with van der Waals surface area (Å²) in [5, 5.41) is 0. The van der Waals surface area contributed by atoms with Gasteiger partial charge in [0.2, 0.25) is 0 Å². The van der Waals surface area contributed by atoms with E-state index < -0.39 is 9.84 Å². The molecule has 0 fully saturated rings. The Morgan fingerprint density at radius 2 is 1.62 bits per heavy atom. The molecule has 2 aromatic rings. The molecule has 2 rings (SSSR count). The van der Waals surface area contributed by atoms with Gasteiger partial charge < -0.3 is 4.74 Å². The SMILES string of the molecule is COc1ccc(C(Br)c2ccc(S(C)(=O)=O)cc2)cc1C. The maximum Gasteiger partial charge on any atom is 0.175 e. The highest BCUT2D eigenvalue weighted by Crippen LogP contribution is 2.33. The zero-order valence-corrected chi connectivity index (χ0v) is 14.5. The Morgan fingerprint density at radius 1 is 1.05 bits per heavy atom. The predicted octanol–water partition coefficient (Wildman–Crippen LogP) is 3.89. The number of methoxy groups -OCH3 is 1. The van der Waals surface area contributed by atoms with E-state index >= 15 is 0 Å². The molecule has 0 aliphatic carbocycles. The van der Waals surface area contributed by atoms with E-state index in [4.69, 9.17) is 4.74 Å². The summed E-state index contributed by atoms with van der Waals surface area (Å²) in [6.45, 7) is 1.99. The van der Waals surface area contributed by atoms with Crippen molar-refractivity contribution in [3.05, 3.63) is 59.2 Å². The van der Waals surface area contributed by atoms with Crippen LogP contribution in [0.2, 0.25) is 0 Å². The Hall–Kier alpha value is -1.33. The summed E-state index contributed by atoms with van der Waals surface area (Å²) in [5.41, 5.74) is 3.17. The molecule has 0 amide bonds. The number of hydrogen-bond acceptors (Lipinski definition) is 3. The lowest BCUT2D eigenvalue weighted by Gasteiger charge is -2.13. The van der Waals surface area contributed by atoms with Crippen molar-refractivity contribution in [1.29, 1.82) is 0 Å². The molecule has 0 aliphatic heterocycles. The fourth-order valence-electron chi connectivity index (χ4n) is 2.14. The van der Waals surface area contributed by atoms with Gasteiger partial charge in [0.25, 0.3) is 0 Å². The first kappa shape index (κ1) is 16.0. The number of benzene rings is 2. The molecule has 21 heavy (non-hydrogen) atoms. The van der Waals surface area contributed by atoms with Crippen LogP contribution in [0.4, 0.5) is 0 Å². The van der Waals surface area contributed by atoms with Crippen LogP contribution in [0.15, 0.2) is 47.4 Å². The van der Waals surface area contributed by atoms with Gasteiger partial charge in [0, 0.05) is 6.26 Å². The van der Waals surface area contributed by atoms with Gasteiger partial charge in [-0.2, -0.15) is 0 Å². The van der Waals surface area contributed by atoms with Crippen molar-refractivity contribution in [3.63, 3.8) is 0 Å². The van der Waals surface area contributed by atoms with Gasteiger partial charge in [-0.05, 0) is 41.8 Å². The van der Waals surface area contributed by atoms with Gasteiger partial charge in [0.1, 0.15) is 5.75 Å². The van der Waals surface area contributed by atoms with E-state index in [2.05, 4.69) is 22.0 Å². The van der Waals surface area contributed by atoms with Gasteiger partial charge in [-0.25, -0.2) is 8.42 Å². The van der Waals surface area contributed by atoms with Crippen LogP contribution in [0.25, 0.3) is 0 Å². The van der Waals surface area contributed by atoms with Crippen molar-refractivity contribution in [2.24, 2.45) is 0 Å². The van der Waals surface area contributed by atoms with Crippen LogP contribution in [-0.4, -0.2) is 21.8 Å². The number of halogens is 1. The molecule has 0 N–H and O–H groups in total. The fraction of sp³-hybridized carbons (Fsp3) is 0.250. The highest BCUT2D eigenvalue weighted by molar-refractivity contribution is 9.09. The molecule has 0 saturated heterocycles. The Balaban J connectivity index is 2.31. The molecule has 112 valence electrons. The van der Waals surface area contributed by atoms with Crippen molar-refractivity contribution in [2.75, 3.05) is 13.4 Å². The van der Waals surface area contributed by atoms with E-state index in [-0.39, 0.29) is 4.83 Å². The molecule has 0 radical (unpaired) electrons. The van der Waals surface area contributed by atoms with Gasteiger partial charge in [-0.1, -0.05) is 40.2 Å². The number of hydrogen-bond donors (Lipinski definition) is 0. The molecule has 1 unspecified atom stereocenters. The standard InChI is InChI=1S/C16H17BrO3S/c1-11-10-13(6-9-15(11)20-2)16(17)12-4-7-14(8-5-12)21(3,18)19/h4-10,16H,1-3H3. The lowest BCUT2D eigenvalue weighted by Crippen LogP contribution is -1.99. The van der Waals surface area contributed by atoms with Crippen LogP contribution in [0, 0.1) is 6.92 Å². The highest BCUT2D eigenvalue weighted by atomic mass is 79.9. The molecule has 0 aliphatic rings. The average Bonchev–Trinajstić information content (AvgIpc) is 2.45. The first-order valence-electron chi connectivity index (χ1n) is 6.41. The first-order chi connectivity index (χ1) is 9.82. The van der Waals surface area contributed by atoms with Crippen LogP contribution in [0.1, 0.15) is 21.5 Å². The van der Waals surface area contributed by atoms with Crippen molar-refractivity contribution in [3.8, 4) is 5.75 Å². The Labute approximate surface area is 134 Å². The van der Waals surface area contributed by atoms with E-state index in [0.717, 1.165) is 22.4 Å². The number of rotatable bonds is 4. The Bertz CT molecular complexity index is 737. The van der Waals surface area contributed by atoms with Crippen LogP contribution in [0.3, 0.4) is 0 Å². The van der Waals surface area contributed by atoms with Crippen LogP contribution >= 0.6 is 15.9 Å². The second kappa shape index (κ2) is 6.20. The minimum Gasteiger partial charge on any atom is -0.496 e. The zero-order chi connectivity index (χ0) is 15.6. The summed E-state index contributed by atoms with van der Waals surface area (Å²) in [7, 11) is -1.51. The lowest BCUT2D eigenvalue weighted by molar-refractivity contribution is 0.411. The minimum atomic E-state index is -3.16. The Morgan fingerprint density at radius 3 is 2.10 bits per heavy atom. The number of alkyl halides is 1. The predicted molar refractivity (Wildman–Crippen MR) is 88.1 cm³/mol. The van der Waals surface area contributed by atoms with E-state index in [1.165, 1.54) is 6.26 Å². The monoisotopic (exact) mass is 368 g/mol. The quantitative estimate of drug-likeness (QED) is 0.768. The molecule has 0 spiro atoms. The van der Waals surface area contributed by atoms with Gasteiger partial charge in [0.15, 0.2) is 9.84 Å². The average molecular weight is 369 g/mol. The van der Waals surface area contributed by atoms with Gasteiger partial charge in [-0.3, -0.25) is 0 Å². The lowest BCUT2D eigenvalue weighted by atomic mass is 10.0. The number of sulfone groups is 1. The smallest absolute Gasteiger partial charge is 0.175 e. The van der Waals surface area contributed by atoms with E-state index in [0.29, 0.717) is 4.90 Å². The van der Waals surface area contributed by atoms with Crippen molar-refractivity contribution >= 4 is 25.8 Å². The van der Waals surface area contributed by atoms with Crippen LogP contribution in [-0.2, 0) is 9.84 Å². The number of ether oxygens (including phenoxy) is 1. The minimum absolute atomic E-state index is 0.00992. The third-order valence-corrected chi connectivity index (χ3v) is 5.50. The van der Waals surface area contributed by atoms with Gasteiger partial charge in [0.05, 0.1) is 16.8 Å². The van der Waals surface area contributed by atoms with Crippen molar-refractivity contribution in [2.45, 2.75) is 16.6 Å². The molecule has 3 nitrogen and oxygen atoms in total. The van der Waals surface area contributed by atoms with Gasteiger partial charge >= 0.3 is 0 Å². The molecule has 0 saturated carbocycles. The van der Waals surface area contributed by atoms with E-state index in [9.17, 15) is 8.42 Å². The molecule has 0 bridgehead atoms. The summed E-state index contributed by atoms with van der Waals surface area (Å²) in [6.07, 6.45) is 1.21. The molecular formula is C16H17BrO3S. The largest absolute Gasteiger partial charge is 0.496 e. The second-order valence-electron chi connectivity index (χ2n) is 4.93. The molecule has 5 heteroatoms. The topological polar surface area (TPSA) is 43.4 Å². The van der Waals surface area contributed by atoms with E-state index in [1.807, 2.05) is 31.2 Å². The third-order valence-electron chi connectivity index (χ3n) is 3.31. The molecule has 0 heterocycles. The van der Waals surface area contributed by atoms with E-state index in [1.54, 1.807) is 19.2 Å². The fourth-order valence-corrected chi connectivity index (χ4v) is 3.36. The third kappa shape index (κ3) is 3.66. The summed E-state index contributed by atoms with van der Waals surface area (Å²) < 4.78 is 28.2.